The molecular weight excluding hydrogens is 370 g/mol. The first-order valence-corrected chi connectivity index (χ1v) is 9.69. The number of carbonyl (C=O) groups is 3. The van der Waals surface area contributed by atoms with Crippen LogP contribution in [0.15, 0.2) is 48.8 Å². The maximum Gasteiger partial charge on any atom is 0.338 e. The van der Waals surface area contributed by atoms with E-state index in [2.05, 4.69) is 10.3 Å². The molecule has 29 heavy (non-hydrogen) atoms. The average Bonchev–Trinajstić information content (AvgIpc) is 3.55. The normalized spacial score (nSPS) is 14.0. The molecule has 2 amide bonds. The quantitative estimate of drug-likeness (QED) is 0.548. The van der Waals surface area contributed by atoms with Crippen LogP contribution in [-0.4, -0.2) is 47.9 Å². The molecule has 3 rings (SSSR count). The Labute approximate surface area is 170 Å². The van der Waals surface area contributed by atoms with E-state index >= 15 is 0 Å². The summed E-state index contributed by atoms with van der Waals surface area (Å²) in [7, 11) is 1.73. The third kappa shape index (κ3) is 4.80. The zero-order valence-electron chi connectivity index (χ0n) is 16.7. The number of benzene rings is 1. The molecule has 0 atom stereocenters. The fraction of sp³-hybridized carbons (Fsp3) is 0.364. The van der Waals surface area contributed by atoms with E-state index in [1.54, 1.807) is 55.5 Å². The second kappa shape index (κ2) is 8.86. The van der Waals surface area contributed by atoms with E-state index in [0.717, 1.165) is 5.56 Å². The number of amides is 2. The molecule has 1 aromatic carbocycles. The number of hydrogen-bond donors (Lipinski definition) is 1. The van der Waals surface area contributed by atoms with E-state index < -0.39 is 11.4 Å². The van der Waals surface area contributed by atoms with E-state index in [0.29, 0.717) is 43.7 Å². The number of likely N-dealkylation sites (N-methyl/N-ethyl adjacent to an activating group) is 1. The second-order valence-electron chi connectivity index (χ2n) is 7.17. The molecule has 7 nitrogen and oxygen atoms in total. The van der Waals surface area contributed by atoms with E-state index in [-0.39, 0.29) is 11.8 Å². The van der Waals surface area contributed by atoms with Crippen molar-refractivity contribution in [3.63, 3.8) is 0 Å². The third-order valence-electron chi connectivity index (χ3n) is 5.08. The fourth-order valence-electron chi connectivity index (χ4n) is 3.13. The summed E-state index contributed by atoms with van der Waals surface area (Å²) in [5, 5.41) is 2.81. The van der Waals surface area contributed by atoms with Crippen LogP contribution in [0.5, 0.6) is 0 Å². The highest BCUT2D eigenvalue weighted by Crippen LogP contribution is 2.48. The summed E-state index contributed by atoms with van der Waals surface area (Å²) in [5.41, 5.74) is 1.06. The van der Waals surface area contributed by atoms with Gasteiger partial charge in [0.05, 0.1) is 12.2 Å². The number of rotatable bonds is 8. The smallest absolute Gasteiger partial charge is 0.338 e. The lowest BCUT2D eigenvalue weighted by atomic mass is 10.0. The van der Waals surface area contributed by atoms with Crippen LogP contribution in [0.3, 0.4) is 0 Å². The van der Waals surface area contributed by atoms with Crippen molar-refractivity contribution in [2.45, 2.75) is 26.2 Å². The van der Waals surface area contributed by atoms with Gasteiger partial charge in [0.2, 0.25) is 11.8 Å². The zero-order valence-corrected chi connectivity index (χ0v) is 16.7. The van der Waals surface area contributed by atoms with Gasteiger partial charge in [-0.1, -0.05) is 0 Å². The van der Waals surface area contributed by atoms with Crippen LogP contribution in [0.4, 0.5) is 5.69 Å². The van der Waals surface area contributed by atoms with Crippen molar-refractivity contribution >= 4 is 23.5 Å². The van der Waals surface area contributed by atoms with Gasteiger partial charge in [-0.3, -0.25) is 14.6 Å². The van der Waals surface area contributed by atoms with Gasteiger partial charge in [0.25, 0.3) is 0 Å². The Kier molecular flexibility index (Phi) is 6.26. The zero-order chi connectivity index (χ0) is 20.9. The van der Waals surface area contributed by atoms with Crippen LogP contribution < -0.4 is 5.32 Å². The molecule has 1 saturated carbocycles. The van der Waals surface area contributed by atoms with Crippen molar-refractivity contribution in [3.8, 4) is 0 Å². The number of ether oxygens (including phenoxy) is 1. The SMILES string of the molecule is CCOC(=O)c1ccc(NC(=O)C2(C(=O)N(C)CCc3ccncc3)CC2)cc1. The average molecular weight is 395 g/mol. The first-order valence-electron chi connectivity index (χ1n) is 9.69. The molecule has 0 saturated heterocycles. The van der Waals surface area contributed by atoms with Gasteiger partial charge in [-0.25, -0.2) is 4.79 Å². The van der Waals surface area contributed by atoms with Gasteiger partial charge < -0.3 is 15.0 Å². The number of pyridine rings is 1. The molecule has 152 valence electrons. The summed E-state index contributed by atoms with van der Waals surface area (Å²) in [6.45, 7) is 2.58. The highest BCUT2D eigenvalue weighted by molar-refractivity contribution is 6.13. The molecule has 7 heteroatoms. The molecule has 1 aromatic heterocycles. The summed E-state index contributed by atoms with van der Waals surface area (Å²) in [4.78, 5) is 43.0. The van der Waals surface area contributed by atoms with Crippen LogP contribution in [0, 0.1) is 5.41 Å². The van der Waals surface area contributed by atoms with E-state index in [9.17, 15) is 14.4 Å². The molecule has 0 aliphatic heterocycles. The monoisotopic (exact) mass is 395 g/mol. The van der Waals surface area contributed by atoms with Crippen molar-refractivity contribution < 1.29 is 19.1 Å². The predicted molar refractivity (Wildman–Crippen MR) is 108 cm³/mol. The van der Waals surface area contributed by atoms with E-state index in [1.165, 1.54) is 0 Å². The minimum Gasteiger partial charge on any atom is -0.462 e. The number of carbonyl (C=O) groups excluding carboxylic acids is 3. The van der Waals surface area contributed by atoms with Crippen molar-refractivity contribution in [1.82, 2.24) is 9.88 Å². The highest BCUT2D eigenvalue weighted by Gasteiger charge is 2.57. The lowest BCUT2D eigenvalue weighted by molar-refractivity contribution is -0.141. The Morgan fingerprint density at radius 1 is 1.10 bits per heavy atom. The first-order chi connectivity index (χ1) is 14.0. The summed E-state index contributed by atoms with van der Waals surface area (Å²) < 4.78 is 4.95. The standard InChI is InChI=1S/C22H25N3O4/c1-3-29-19(26)17-4-6-18(7-5-17)24-20(27)22(11-12-22)21(28)25(2)15-10-16-8-13-23-14-9-16/h4-9,13-14H,3,10-12,15H2,1-2H3,(H,24,27). The lowest BCUT2D eigenvalue weighted by Crippen LogP contribution is -2.41. The molecular formula is C22H25N3O4. The summed E-state index contributed by atoms with van der Waals surface area (Å²) in [6, 6.07) is 10.3. The topological polar surface area (TPSA) is 88.6 Å². The van der Waals surface area contributed by atoms with Gasteiger partial charge >= 0.3 is 5.97 Å². The first kappa shape index (κ1) is 20.5. The number of anilines is 1. The molecule has 1 fully saturated rings. The maximum atomic E-state index is 12.9. The van der Waals surface area contributed by atoms with Crippen molar-refractivity contribution in [2.75, 3.05) is 25.5 Å². The van der Waals surface area contributed by atoms with Crippen molar-refractivity contribution in [1.29, 1.82) is 0 Å². The summed E-state index contributed by atoms with van der Waals surface area (Å²) in [5.74, 6) is -0.871. The molecule has 0 bridgehead atoms. The highest BCUT2D eigenvalue weighted by atomic mass is 16.5. The number of aromatic nitrogens is 1. The minimum absolute atomic E-state index is 0.160. The fourth-order valence-corrected chi connectivity index (χ4v) is 3.13. The maximum absolute atomic E-state index is 12.9. The largest absolute Gasteiger partial charge is 0.462 e. The van der Waals surface area contributed by atoms with Crippen molar-refractivity contribution in [2.24, 2.45) is 5.41 Å². The molecule has 1 aliphatic carbocycles. The minimum atomic E-state index is -0.993. The molecule has 0 unspecified atom stereocenters. The Morgan fingerprint density at radius 3 is 2.34 bits per heavy atom. The summed E-state index contributed by atoms with van der Waals surface area (Å²) in [6.07, 6.45) is 5.23. The van der Waals surface area contributed by atoms with Gasteiger partial charge in [-0.15, -0.1) is 0 Å². The lowest BCUT2D eigenvalue weighted by Gasteiger charge is -2.23. The van der Waals surface area contributed by atoms with Gasteiger partial charge in [-0.05, 0) is 68.1 Å². The molecule has 0 spiro atoms. The molecule has 2 aromatic rings. The van der Waals surface area contributed by atoms with Crippen LogP contribution in [0.25, 0.3) is 0 Å². The van der Waals surface area contributed by atoms with E-state index in [1.807, 2.05) is 12.1 Å². The van der Waals surface area contributed by atoms with Crippen LogP contribution >= 0.6 is 0 Å². The number of nitrogens with one attached hydrogen (secondary N) is 1. The van der Waals surface area contributed by atoms with Gasteiger partial charge in [0, 0.05) is 31.7 Å². The van der Waals surface area contributed by atoms with Crippen LogP contribution in [0.1, 0.15) is 35.7 Å². The Balaban J connectivity index is 1.58. The predicted octanol–water partition coefficient (Wildman–Crippen LogP) is 2.68. The van der Waals surface area contributed by atoms with Crippen LogP contribution in [-0.2, 0) is 20.7 Å². The molecule has 0 radical (unpaired) electrons. The number of esters is 1. The Morgan fingerprint density at radius 2 is 1.76 bits per heavy atom. The van der Waals surface area contributed by atoms with Gasteiger partial charge in [-0.2, -0.15) is 0 Å². The van der Waals surface area contributed by atoms with Gasteiger partial charge in [0.1, 0.15) is 5.41 Å². The van der Waals surface area contributed by atoms with Crippen LogP contribution in [0.2, 0.25) is 0 Å². The summed E-state index contributed by atoms with van der Waals surface area (Å²) >= 11 is 0. The third-order valence-corrected chi connectivity index (χ3v) is 5.08. The Bertz CT molecular complexity index is 877. The second-order valence-corrected chi connectivity index (χ2v) is 7.17. The number of nitrogens with zero attached hydrogens (tertiary/aromatic N) is 2. The Hall–Kier alpha value is -3.22. The molecule has 1 N–H and O–H groups in total. The molecule has 1 heterocycles. The van der Waals surface area contributed by atoms with E-state index in [4.69, 9.17) is 4.74 Å². The van der Waals surface area contributed by atoms with Crippen molar-refractivity contribution in [3.05, 3.63) is 59.9 Å². The number of hydrogen-bond acceptors (Lipinski definition) is 5. The van der Waals surface area contributed by atoms with Gasteiger partial charge in [0.15, 0.2) is 0 Å². The molecule has 1 aliphatic rings.